The number of nitrogens with zero attached hydrogens (tertiary/aromatic N) is 1. The van der Waals surface area contributed by atoms with Gasteiger partial charge < -0.3 is 9.64 Å². The Morgan fingerprint density at radius 2 is 1.88 bits per heavy atom. The van der Waals surface area contributed by atoms with Crippen molar-refractivity contribution in [2.45, 2.75) is 46.0 Å². The van der Waals surface area contributed by atoms with Gasteiger partial charge >= 0.3 is 5.97 Å². The van der Waals surface area contributed by atoms with Crippen LogP contribution in [0.5, 0.6) is 0 Å². The lowest BCUT2D eigenvalue weighted by Gasteiger charge is -2.20. The maximum atomic E-state index is 12.3. The Balaban J connectivity index is 1.77. The molecule has 0 radical (unpaired) electrons. The Labute approximate surface area is 155 Å². The Bertz CT molecular complexity index is 708. The fraction of sp³-hybridized carbons (Fsp3) is 0.476. The molecule has 2 rings (SSSR count). The average Bonchev–Trinajstić information content (AvgIpc) is 3.09. The van der Waals surface area contributed by atoms with E-state index in [0.29, 0.717) is 18.7 Å². The van der Waals surface area contributed by atoms with Crippen LogP contribution < -0.4 is 0 Å². The summed E-state index contributed by atoms with van der Waals surface area (Å²) in [6.45, 7) is 8.16. The number of carbonyl (C=O) groups is 3. The van der Waals surface area contributed by atoms with Crippen molar-refractivity contribution >= 4 is 17.7 Å². The van der Waals surface area contributed by atoms with E-state index in [1.165, 1.54) is 11.1 Å². The highest BCUT2D eigenvalue weighted by Crippen LogP contribution is 2.23. The van der Waals surface area contributed by atoms with Gasteiger partial charge in [-0.3, -0.25) is 14.4 Å². The number of ketones is 1. The molecule has 0 heterocycles. The van der Waals surface area contributed by atoms with E-state index in [9.17, 15) is 14.4 Å². The number of rotatable bonds is 9. The van der Waals surface area contributed by atoms with E-state index < -0.39 is 5.97 Å². The van der Waals surface area contributed by atoms with Crippen LogP contribution in [0.4, 0.5) is 0 Å². The molecule has 0 N–H and O–H groups in total. The number of ether oxygens (including phenoxy) is 1. The van der Waals surface area contributed by atoms with Crippen molar-refractivity contribution in [1.82, 2.24) is 4.90 Å². The van der Waals surface area contributed by atoms with Crippen molar-refractivity contribution in [1.29, 1.82) is 0 Å². The Morgan fingerprint density at radius 3 is 2.58 bits per heavy atom. The number of Topliss-reactive ketones (excluding diaryl/α,β-unsaturated/α-hetero) is 1. The van der Waals surface area contributed by atoms with Crippen molar-refractivity contribution < 1.29 is 19.1 Å². The topological polar surface area (TPSA) is 63.7 Å². The molecule has 0 aliphatic heterocycles. The molecule has 0 aromatic heterocycles. The van der Waals surface area contributed by atoms with E-state index in [1.54, 1.807) is 4.90 Å². The Kier molecular flexibility index (Phi) is 7.13. The second-order valence-corrected chi connectivity index (χ2v) is 6.79. The molecular formula is C21H27NO4. The Hall–Kier alpha value is -2.43. The van der Waals surface area contributed by atoms with Gasteiger partial charge in [0.2, 0.25) is 0 Å². The highest BCUT2D eigenvalue weighted by atomic mass is 16.5. The van der Waals surface area contributed by atoms with Gasteiger partial charge in [0.25, 0.3) is 5.91 Å². The number of benzene rings is 1. The van der Waals surface area contributed by atoms with E-state index in [2.05, 4.69) is 6.58 Å². The van der Waals surface area contributed by atoms with Crippen LogP contribution >= 0.6 is 0 Å². The smallest absolute Gasteiger partial charge is 0.306 e. The molecule has 0 spiro atoms. The summed E-state index contributed by atoms with van der Waals surface area (Å²) in [6.07, 6.45) is 3.29. The van der Waals surface area contributed by atoms with Gasteiger partial charge in [-0.05, 0) is 50.3 Å². The summed E-state index contributed by atoms with van der Waals surface area (Å²) in [5.74, 6) is -0.853. The summed E-state index contributed by atoms with van der Waals surface area (Å²) < 4.78 is 5.02. The first-order valence-corrected chi connectivity index (χ1v) is 9.13. The van der Waals surface area contributed by atoms with Crippen LogP contribution in [0.3, 0.4) is 0 Å². The molecule has 0 atom stereocenters. The first-order valence-electron chi connectivity index (χ1n) is 9.13. The first-order chi connectivity index (χ1) is 12.4. The molecule has 1 aliphatic rings. The van der Waals surface area contributed by atoms with E-state index in [-0.39, 0.29) is 31.1 Å². The predicted molar refractivity (Wildman–Crippen MR) is 100 cm³/mol. The van der Waals surface area contributed by atoms with E-state index in [1.807, 2.05) is 32.0 Å². The van der Waals surface area contributed by atoms with Crippen molar-refractivity contribution in [3.8, 4) is 0 Å². The fourth-order valence-electron chi connectivity index (χ4n) is 3.11. The minimum absolute atomic E-state index is 0.0180. The maximum absolute atomic E-state index is 12.3. The van der Waals surface area contributed by atoms with Gasteiger partial charge in [0.15, 0.2) is 12.4 Å². The van der Waals surface area contributed by atoms with Gasteiger partial charge in [-0.1, -0.05) is 24.3 Å². The average molecular weight is 357 g/mol. The number of aryl methyl sites for hydroxylation is 2. The van der Waals surface area contributed by atoms with Gasteiger partial charge in [0.05, 0.1) is 6.42 Å². The lowest BCUT2D eigenvalue weighted by molar-refractivity contribution is -0.151. The molecule has 0 bridgehead atoms. The van der Waals surface area contributed by atoms with Gasteiger partial charge in [-0.2, -0.15) is 0 Å². The highest BCUT2D eigenvalue weighted by molar-refractivity contribution is 5.98. The van der Waals surface area contributed by atoms with Gasteiger partial charge in [-0.25, -0.2) is 0 Å². The summed E-state index contributed by atoms with van der Waals surface area (Å²) in [7, 11) is 0. The molecule has 0 unspecified atom stereocenters. The minimum atomic E-state index is -0.528. The molecule has 1 aromatic carbocycles. The zero-order chi connectivity index (χ0) is 19.1. The van der Waals surface area contributed by atoms with Crippen molar-refractivity contribution in [2.75, 3.05) is 19.7 Å². The van der Waals surface area contributed by atoms with Crippen LogP contribution in [0.1, 0.15) is 54.6 Å². The summed E-state index contributed by atoms with van der Waals surface area (Å²) in [5, 5.41) is 0. The van der Waals surface area contributed by atoms with Crippen LogP contribution in [-0.2, 0) is 27.2 Å². The summed E-state index contributed by atoms with van der Waals surface area (Å²) in [5.41, 5.74) is 4.07. The van der Waals surface area contributed by atoms with Gasteiger partial charge in [-0.15, -0.1) is 0 Å². The van der Waals surface area contributed by atoms with Crippen LogP contribution in [0.25, 0.3) is 0 Å². The van der Waals surface area contributed by atoms with Gasteiger partial charge in [0, 0.05) is 25.1 Å². The SMILES string of the molecule is C=C(C)CN(CC)C(=O)COC(=O)CCC(=O)c1ccc2c(c1)CCC2. The third-order valence-corrected chi connectivity index (χ3v) is 4.53. The normalized spacial score (nSPS) is 12.4. The standard InChI is InChI=1S/C21H27NO4/c1-4-22(13-15(2)3)20(24)14-26-21(25)11-10-19(23)18-9-8-16-6-5-7-17(16)12-18/h8-9,12H,2,4-7,10-11,13-14H2,1,3H3. The lowest BCUT2D eigenvalue weighted by Crippen LogP contribution is -2.35. The molecule has 140 valence electrons. The Morgan fingerprint density at radius 1 is 1.15 bits per heavy atom. The number of likely N-dealkylation sites (N-methyl/N-ethyl adjacent to an activating group) is 1. The van der Waals surface area contributed by atoms with Crippen molar-refractivity contribution in [3.63, 3.8) is 0 Å². The molecule has 5 heteroatoms. The monoisotopic (exact) mass is 357 g/mol. The molecule has 0 fully saturated rings. The number of hydrogen-bond acceptors (Lipinski definition) is 4. The minimum Gasteiger partial charge on any atom is -0.456 e. The van der Waals surface area contributed by atoms with E-state index in [4.69, 9.17) is 4.74 Å². The molecule has 26 heavy (non-hydrogen) atoms. The molecule has 1 aromatic rings. The number of amides is 1. The zero-order valence-electron chi connectivity index (χ0n) is 15.7. The molecule has 5 nitrogen and oxygen atoms in total. The second kappa shape index (κ2) is 9.32. The highest BCUT2D eigenvalue weighted by Gasteiger charge is 2.17. The van der Waals surface area contributed by atoms with Crippen LogP contribution in [0.15, 0.2) is 30.4 Å². The molecule has 1 amide bonds. The number of hydrogen-bond donors (Lipinski definition) is 0. The first kappa shape index (κ1) is 19.9. The quantitative estimate of drug-likeness (QED) is 0.387. The molecular weight excluding hydrogens is 330 g/mol. The van der Waals surface area contributed by atoms with Gasteiger partial charge in [0.1, 0.15) is 0 Å². The number of fused-ring (bicyclic) bond motifs is 1. The molecule has 0 saturated heterocycles. The summed E-state index contributed by atoms with van der Waals surface area (Å²) >= 11 is 0. The van der Waals surface area contributed by atoms with E-state index >= 15 is 0 Å². The zero-order valence-corrected chi connectivity index (χ0v) is 15.7. The van der Waals surface area contributed by atoms with Crippen molar-refractivity contribution in [3.05, 3.63) is 47.0 Å². The summed E-state index contributed by atoms with van der Waals surface area (Å²) in [4.78, 5) is 37.7. The lowest BCUT2D eigenvalue weighted by atomic mass is 10.0. The predicted octanol–water partition coefficient (Wildman–Crippen LogP) is 3.11. The third-order valence-electron chi connectivity index (χ3n) is 4.53. The second-order valence-electron chi connectivity index (χ2n) is 6.79. The molecule has 1 aliphatic carbocycles. The maximum Gasteiger partial charge on any atom is 0.306 e. The van der Waals surface area contributed by atoms with Crippen LogP contribution in [0, 0.1) is 0 Å². The van der Waals surface area contributed by atoms with Crippen molar-refractivity contribution in [2.24, 2.45) is 0 Å². The molecule has 0 saturated carbocycles. The summed E-state index contributed by atoms with van der Waals surface area (Å²) in [6, 6.07) is 5.78. The third kappa shape index (κ3) is 5.55. The largest absolute Gasteiger partial charge is 0.456 e. The number of carbonyl (C=O) groups excluding carboxylic acids is 3. The van der Waals surface area contributed by atoms with Crippen LogP contribution in [0.2, 0.25) is 0 Å². The number of esters is 1. The fourth-order valence-corrected chi connectivity index (χ4v) is 3.11. The van der Waals surface area contributed by atoms with Crippen LogP contribution in [-0.4, -0.2) is 42.3 Å². The van der Waals surface area contributed by atoms with E-state index in [0.717, 1.165) is 24.8 Å².